The van der Waals surface area contributed by atoms with Gasteiger partial charge in [0.25, 0.3) is 5.56 Å². The molecule has 4 aromatic rings. The maximum absolute atomic E-state index is 14.5. The van der Waals surface area contributed by atoms with Crippen molar-refractivity contribution in [3.63, 3.8) is 0 Å². The first-order chi connectivity index (χ1) is 15.4. The molecule has 1 aliphatic carbocycles. The van der Waals surface area contributed by atoms with Crippen LogP contribution in [0.4, 0.5) is 8.78 Å². The fourth-order valence-electron chi connectivity index (χ4n) is 3.65. The molecule has 0 spiro atoms. The lowest BCUT2D eigenvalue weighted by Crippen LogP contribution is -2.26. The molecule has 1 saturated carbocycles. The van der Waals surface area contributed by atoms with Gasteiger partial charge in [0.05, 0.1) is 21.8 Å². The van der Waals surface area contributed by atoms with E-state index in [9.17, 15) is 18.4 Å². The number of carbonyl (C=O) groups excluding carboxylic acids is 1. The van der Waals surface area contributed by atoms with Gasteiger partial charge in [-0.2, -0.15) is 5.10 Å². The highest BCUT2D eigenvalue weighted by atomic mass is 79.9. The fraction of sp³-hybridized carbons (Fsp3) is 0.174. The van der Waals surface area contributed by atoms with Crippen molar-refractivity contribution >= 4 is 32.7 Å². The smallest absolute Gasteiger partial charge is 0.259 e. The highest BCUT2D eigenvalue weighted by Crippen LogP contribution is 2.33. The average molecular weight is 499 g/mol. The summed E-state index contributed by atoms with van der Waals surface area (Å²) in [7, 11) is 0. The van der Waals surface area contributed by atoms with E-state index in [1.165, 1.54) is 12.3 Å². The van der Waals surface area contributed by atoms with Gasteiger partial charge in [0.1, 0.15) is 11.4 Å². The SMILES string of the molecule is O=C(Cc1ccc(-c2nn(-c3c(F)cccc3F)c3c(Br)c[nH]c(=O)c23)cc1)NC1CC1. The quantitative estimate of drug-likeness (QED) is 0.431. The third kappa shape index (κ3) is 3.73. The lowest BCUT2D eigenvalue weighted by molar-refractivity contribution is -0.120. The number of fused-ring (bicyclic) bond motifs is 1. The number of pyridine rings is 1. The molecule has 2 N–H and O–H groups in total. The summed E-state index contributed by atoms with van der Waals surface area (Å²) in [6, 6.07) is 10.9. The average Bonchev–Trinajstić information content (AvgIpc) is 3.48. The first kappa shape index (κ1) is 20.6. The summed E-state index contributed by atoms with van der Waals surface area (Å²) in [5.74, 6) is -1.64. The summed E-state index contributed by atoms with van der Waals surface area (Å²) in [5.41, 5.74) is 1.11. The Morgan fingerprint density at radius 2 is 1.84 bits per heavy atom. The van der Waals surface area contributed by atoms with Crippen LogP contribution in [0, 0.1) is 11.6 Å². The number of halogens is 3. The molecule has 2 aromatic carbocycles. The van der Waals surface area contributed by atoms with E-state index in [4.69, 9.17) is 0 Å². The zero-order valence-corrected chi connectivity index (χ0v) is 18.2. The summed E-state index contributed by atoms with van der Waals surface area (Å²) in [6.07, 6.45) is 3.70. The van der Waals surface area contributed by atoms with Crippen molar-refractivity contribution in [1.82, 2.24) is 20.1 Å². The number of hydrogen-bond donors (Lipinski definition) is 2. The van der Waals surface area contributed by atoms with Crippen LogP contribution in [0.3, 0.4) is 0 Å². The van der Waals surface area contributed by atoms with Gasteiger partial charge >= 0.3 is 0 Å². The predicted octanol–water partition coefficient (Wildman–Crippen LogP) is 4.24. The van der Waals surface area contributed by atoms with Crippen LogP contribution in [0.25, 0.3) is 27.8 Å². The monoisotopic (exact) mass is 498 g/mol. The van der Waals surface area contributed by atoms with Gasteiger partial charge in [0.15, 0.2) is 11.6 Å². The van der Waals surface area contributed by atoms with Gasteiger partial charge in [-0.15, -0.1) is 0 Å². The normalized spacial score (nSPS) is 13.5. The third-order valence-corrected chi connectivity index (χ3v) is 5.96. The van der Waals surface area contributed by atoms with E-state index < -0.39 is 17.2 Å². The van der Waals surface area contributed by atoms with Crippen LogP contribution in [0.1, 0.15) is 18.4 Å². The summed E-state index contributed by atoms with van der Waals surface area (Å²) in [6.45, 7) is 0. The summed E-state index contributed by atoms with van der Waals surface area (Å²) >= 11 is 3.36. The van der Waals surface area contributed by atoms with E-state index >= 15 is 0 Å². The second-order valence-electron chi connectivity index (χ2n) is 7.74. The Kier molecular flexibility index (Phi) is 5.13. The van der Waals surface area contributed by atoms with Crippen molar-refractivity contribution in [3.05, 3.63) is 80.7 Å². The van der Waals surface area contributed by atoms with Gasteiger partial charge in [-0.3, -0.25) is 9.59 Å². The lowest BCUT2D eigenvalue weighted by atomic mass is 10.0. The second-order valence-corrected chi connectivity index (χ2v) is 8.59. The number of benzene rings is 2. The Bertz CT molecular complexity index is 1390. The van der Waals surface area contributed by atoms with Gasteiger partial charge in [-0.05, 0) is 46.5 Å². The Hall–Kier alpha value is -3.33. The molecule has 2 heterocycles. The molecule has 162 valence electrons. The molecular weight excluding hydrogens is 482 g/mol. The van der Waals surface area contributed by atoms with Crippen LogP contribution in [0.2, 0.25) is 0 Å². The number of H-pyrrole nitrogens is 1. The number of aromatic nitrogens is 3. The maximum Gasteiger partial charge on any atom is 0.259 e. The second kappa shape index (κ2) is 7.98. The fourth-order valence-corrected chi connectivity index (χ4v) is 4.13. The topological polar surface area (TPSA) is 79.8 Å². The summed E-state index contributed by atoms with van der Waals surface area (Å²) in [5, 5.41) is 7.56. The minimum Gasteiger partial charge on any atom is -0.353 e. The highest BCUT2D eigenvalue weighted by molar-refractivity contribution is 9.10. The number of nitrogens with zero attached hydrogens (tertiary/aromatic N) is 2. The van der Waals surface area contributed by atoms with Crippen LogP contribution < -0.4 is 10.9 Å². The van der Waals surface area contributed by atoms with Crippen molar-refractivity contribution in [3.8, 4) is 16.9 Å². The minimum absolute atomic E-state index is 0.0367. The Labute approximate surface area is 189 Å². The van der Waals surface area contributed by atoms with Crippen molar-refractivity contribution < 1.29 is 13.6 Å². The highest BCUT2D eigenvalue weighted by Gasteiger charge is 2.24. The van der Waals surface area contributed by atoms with E-state index in [1.807, 2.05) is 0 Å². The molecule has 1 amide bonds. The predicted molar refractivity (Wildman–Crippen MR) is 120 cm³/mol. The van der Waals surface area contributed by atoms with Gasteiger partial charge in [-0.25, -0.2) is 13.5 Å². The van der Waals surface area contributed by atoms with Crippen LogP contribution >= 0.6 is 15.9 Å². The third-order valence-electron chi connectivity index (χ3n) is 5.35. The number of hydrogen-bond acceptors (Lipinski definition) is 3. The zero-order valence-electron chi connectivity index (χ0n) is 16.7. The van der Waals surface area contributed by atoms with Gasteiger partial charge < -0.3 is 10.3 Å². The van der Waals surface area contributed by atoms with Crippen LogP contribution in [-0.2, 0) is 11.2 Å². The Morgan fingerprint density at radius 1 is 1.16 bits per heavy atom. The Morgan fingerprint density at radius 3 is 2.50 bits per heavy atom. The van der Waals surface area contributed by atoms with Gasteiger partial charge in [-0.1, -0.05) is 30.3 Å². The maximum atomic E-state index is 14.5. The van der Waals surface area contributed by atoms with Crippen molar-refractivity contribution in [2.75, 3.05) is 0 Å². The molecule has 0 radical (unpaired) electrons. The molecule has 2 aromatic heterocycles. The van der Waals surface area contributed by atoms with Gasteiger partial charge in [0.2, 0.25) is 5.91 Å². The molecule has 6 nitrogen and oxygen atoms in total. The summed E-state index contributed by atoms with van der Waals surface area (Å²) < 4.78 is 30.6. The first-order valence-electron chi connectivity index (χ1n) is 10.1. The largest absolute Gasteiger partial charge is 0.353 e. The molecular formula is C23H17BrF2N4O2. The molecule has 1 fully saturated rings. The number of para-hydroxylation sites is 1. The van der Waals surface area contributed by atoms with Crippen molar-refractivity contribution in [2.24, 2.45) is 0 Å². The molecule has 0 unspecified atom stereocenters. The number of amides is 1. The van der Waals surface area contributed by atoms with E-state index in [-0.39, 0.29) is 34.6 Å². The van der Waals surface area contributed by atoms with Crippen LogP contribution in [0.15, 0.2) is 57.9 Å². The molecule has 0 bridgehead atoms. The lowest BCUT2D eigenvalue weighted by Gasteiger charge is -2.07. The Balaban J connectivity index is 1.61. The van der Waals surface area contributed by atoms with E-state index in [0.717, 1.165) is 35.2 Å². The molecule has 0 aliphatic heterocycles. The molecule has 0 atom stereocenters. The number of carbonyl (C=O) groups is 1. The van der Waals surface area contributed by atoms with E-state index in [2.05, 4.69) is 31.3 Å². The molecule has 1 aliphatic rings. The molecule has 5 rings (SSSR count). The van der Waals surface area contributed by atoms with Crippen LogP contribution in [0.5, 0.6) is 0 Å². The number of aromatic amines is 1. The number of rotatable bonds is 5. The first-order valence-corrected chi connectivity index (χ1v) is 10.8. The van der Waals surface area contributed by atoms with Crippen molar-refractivity contribution in [2.45, 2.75) is 25.3 Å². The molecule has 9 heteroatoms. The zero-order chi connectivity index (χ0) is 22.4. The van der Waals surface area contributed by atoms with E-state index in [0.29, 0.717) is 16.1 Å². The van der Waals surface area contributed by atoms with Gasteiger partial charge in [0, 0.05) is 17.8 Å². The minimum atomic E-state index is -0.801. The molecule has 0 saturated heterocycles. The van der Waals surface area contributed by atoms with Crippen molar-refractivity contribution in [1.29, 1.82) is 0 Å². The van der Waals surface area contributed by atoms with Crippen LogP contribution in [-0.4, -0.2) is 26.7 Å². The molecule has 32 heavy (non-hydrogen) atoms. The summed E-state index contributed by atoms with van der Waals surface area (Å²) in [4.78, 5) is 27.4. The standard InChI is InChI=1S/C23H17BrF2N4O2/c24-15-11-27-23(32)19-20(29-30(21(15)19)22-16(25)2-1-3-17(22)26)13-6-4-12(5-7-13)10-18(31)28-14-8-9-14/h1-7,11,14H,8-10H2,(H,27,32)(H,28,31). The van der Waals surface area contributed by atoms with E-state index in [1.54, 1.807) is 24.3 Å². The number of nitrogens with one attached hydrogen (secondary N) is 2.